The van der Waals surface area contributed by atoms with Crippen molar-refractivity contribution in [1.29, 1.82) is 0 Å². The lowest BCUT2D eigenvalue weighted by Gasteiger charge is -2.53. The molecule has 1 unspecified atom stereocenters. The Bertz CT molecular complexity index is 437. The second-order valence-electron chi connectivity index (χ2n) is 6.42. The smallest absolute Gasteiger partial charge is 0.127 e. The maximum Gasteiger partial charge on any atom is 0.127 e. The predicted molar refractivity (Wildman–Crippen MR) is 76.5 cm³/mol. The zero-order valence-electron chi connectivity index (χ0n) is 11.8. The topological polar surface area (TPSA) is 12.0 Å². The van der Waals surface area contributed by atoms with Gasteiger partial charge in [0.2, 0.25) is 0 Å². The van der Waals surface area contributed by atoms with Crippen LogP contribution in [-0.4, -0.2) is 6.04 Å². The number of hydrogen-bond acceptors (Lipinski definition) is 1. The minimum Gasteiger partial charge on any atom is -0.307 e. The summed E-state index contributed by atoms with van der Waals surface area (Å²) in [7, 11) is 0. The summed E-state index contributed by atoms with van der Waals surface area (Å²) in [6.45, 7) is 2.09. The molecule has 19 heavy (non-hydrogen) atoms. The SMILES string of the molecule is C[C@@H](NC1CCC12CCCCC2)c1ccccc1F. The largest absolute Gasteiger partial charge is 0.307 e. The van der Waals surface area contributed by atoms with Crippen LogP contribution in [0.3, 0.4) is 0 Å². The zero-order chi connectivity index (χ0) is 13.3. The van der Waals surface area contributed by atoms with Crippen LogP contribution >= 0.6 is 0 Å². The average molecular weight is 261 g/mol. The fourth-order valence-corrected chi connectivity index (χ4v) is 4.03. The number of nitrogens with one attached hydrogen (secondary N) is 1. The van der Waals surface area contributed by atoms with E-state index in [4.69, 9.17) is 0 Å². The van der Waals surface area contributed by atoms with Gasteiger partial charge in [-0.3, -0.25) is 0 Å². The van der Waals surface area contributed by atoms with Crippen LogP contribution in [0.4, 0.5) is 4.39 Å². The molecule has 3 rings (SSSR count). The quantitative estimate of drug-likeness (QED) is 0.839. The maximum atomic E-state index is 13.8. The van der Waals surface area contributed by atoms with Gasteiger partial charge in [0.15, 0.2) is 0 Å². The first-order chi connectivity index (χ1) is 9.21. The molecule has 1 aromatic carbocycles. The van der Waals surface area contributed by atoms with Crippen molar-refractivity contribution in [3.8, 4) is 0 Å². The van der Waals surface area contributed by atoms with E-state index in [9.17, 15) is 4.39 Å². The fourth-order valence-electron chi connectivity index (χ4n) is 4.03. The predicted octanol–water partition coefficient (Wildman–Crippen LogP) is 4.59. The number of rotatable bonds is 3. The van der Waals surface area contributed by atoms with Crippen molar-refractivity contribution in [3.63, 3.8) is 0 Å². The minimum absolute atomic E-state index is 0.0838. The van der Waals surface area contributed by atoms with Crippen LogP contribution in [0.5, 0.6) is 0 Å². The van der Waals surface area contributed by atoms with E-state index in [0.717, 1.165) is 5.56 Å². The van der Waals surface area contributed by atoms with Crippen LogP contribution in [-0.2, 0) is 0 Å². The molecule has 1 aromatic rings. The second-order valence-corrected chi connectivity index (χ2v) is 6.42. The lowest BCUT2D eigenvalue weighted by molar-refractivity contribution is 0.0172. The summed E-state index contributed by atoms with van der Waals surface area (Å²) < 4.78 is 13.8. The molecule has 2 fully saturated rings. The Morgan fingerprint density at radius 3 is 2.53 bits per heavy atom. The molecule has 2 saturated carbocycles. The van der Waals surface area contributed by atoms with Crippen molar-refractivity contribution in [2.45, 2.75) is 64.0 Å². The molecule has 0 amide bonds. The van der Waals surface area contributed by atoms with Gasteiger partial charge in [0.25, 0.3) is 0 Å². The van der Waals surface area contributed by atoms with Gasteiger partial charge in [0.1, 0.15) is 5.82 Å². The van der Waals surface area contributed by atoms with Crippen LogP contribution in [0.15, 0.2) is 24.3 Å². The second kappa shape index (κ2) is 5.24. The number of hydrogen-bond donors (Lipinski definition) is 1. The molecule has 0 aromatic heterocycles. The summed E-state index contributed by atoms with van der Waals surface area (Å²) in [4.78, 5) is 0. The van der Waals surface area contributed by atoms with Gasteiger partial charge >= 0.3 is 0 Å². The highest BCUT2D eigenvalue weighted by Gasteiger charge is 2.47. The molecule has 2 heteroatoms. The van der Waals surface area contributed by atoms with Gasteiger partial charge in [-0.15, -0.1) is 0 Å². The molecular formula is C17H24FN. The standard InChI is InChI=1S/C17H24FN/c1-13(14-7-3-4-8-15(14)18)19-16-9-12-17(16)10-5-2-6-11-17/h3-4,7-8,13,16,19H,2,5-6,9-12H2,1H3/t13-,16?/m1/s1. The van der Waals surface area contributed by atoms with Crippen LogP contribution in [0, 0.1) is 11.2 Å². The van der Waals surface area contributed by atoms with Gasteiger partial charge in [0, 0.05) is 17.6 Å². The zero-order valence-corrected chi connectivity index (χ0v) is 11.8. The molecule has 2 atom stereocenters. The van der Waals surface area contributed by atoms with E-state index in [-0.39, 0.29) is 11.9 Å². The molecule has 0 saturated heterocycles. The summed E-state index contributed by atoms with van der Waals surface area (Å²) in [6, 6.07) is 7.86. The van der Waals surface area contributed by atoms with Crippen molar-refractivity contribution in [2.24, 2.45) is 5.41 Å². The normalized spacial score (nSPS) is 26.9. The molecule has 1 N–H and O–H groups in total. The molecule has 2 aliphatic carbocycles. The number of halogens is 1. The Balaban J connectivity index is 1.67. The molecule has 0 bridgehead atoms. The molecular weight excluding hydrogens is 237 g/mol. The van der Waals surface area contributed by atoms with Crippen molar-refractivity contribution in [2.75, 3.05) is 0 Å². The highest BCUT2D eigenvalue weighted by Crippen LogP contribution is 2.52. The van der Waals surface area contributed by atoms with Gasteiger partial charge in [-0.1, -0.05) is 37.5 Å². The Kier molecular flexibility index (Phi) is 3.62. The van der Waals surface area contributed by atoms with E-state index in [1.54, 1.807) is 12.1 Å². The Labute approximate surface area is 115 Å². The van der Waals surface area contributed by atoms with Gasteiger partial charge in [-0.05, 0) is 44.1 Å². The van der Waals surface area contributed by atoms with E-state index >= 15 is 0 Å². The van der Waals surface area contributed by atoms with Crippen molar-refractivity contribution < 1.29 is 4.39 Å². The van der Waals surface area contributed by atoms with E-state index in [1.165, 1.54) is 44.9 Å². The van der Waals surface area contributed by atoms with Crippen molar-refractivity contribution in [3.05, 3.63) is 35.6 Å². The Morgan fingerprint density at radius 2 is 1.89 bits per heavy atom. The Morgan fingerprint density at radius 1 is 1.16 bits per heavy atom. The molecule has 1 spiro atoms. The van der Waals surface area contributed by atoms with E-state index in [2.05, 4.69) is 12.2 Å². The molecule has 1 nitrogen and oxygen atoms in total. The van der Waals surface area contributed by atoms with Crippen LogP contribution in [0.2, 0.25) is 0 Å². The van der Waals surface area contributed by atoms with Crippen molar-refractivity contribution >= 4 is 0 Å². The van der Waals surface area contributed by atoms with Crippen LogP contribution in [0.25, 0.3) is 0 Å². The lowest BCUT2D eigenvalue weighted by Crippen LogP contribution is -2.54. The van der Waals surface area contributed by atoms with Gasteiger partial charge in [-0.25, -0.2) is 4.39 Å². The number of benzene rings is 1. The van der Waals surface area contributed by atoms with E-state index in [0.29, 0.717) is 11.5 Å². The van der Waals surface area contributed by atoms with E-state index < -0.39 is 0 Å². The average Bonchev–Trinajstić information content (AvgIpc) is 2.45. The summed E-state index contributed by atoms with van der Waals surface area (Å²) in [6.07, 6.45) is 9.53. The first kappa shape index (κ1) is 13.1. The maximum absolute atomic E-state index is 13.8. The van der Waals surface area contributed by atoms with Gasteiger partial charge < -0.3 is 5.32 Å². The molecule has 0 aliphatic heterocycles. The highest BCUT2D eigenvalue weighted by molar-refractivity contribution is 5.21. The molecule has 104 valence electrons. The first-order valence-corrected chi connectivity index (χ1v) is 7.72. The minimum atomic E-state index is -0.0838. The third kappa shape index (κ3) is 2.43. The monoisotopic (exact) mass is 261 g/mol. The fraction of sp³-hybridized carbons (Fsp3) is 0.647. The summed E-state index contributed by atoms with van der Waals surface area (Å²) in [5, 5.41) is 3.69. The van der Waals surface area contributed by atoms with Crippen molar-refractivity contribution in [1.82, 2.24) is 5.32 Å². The summed E-state index contributed by atoms with van der Waals surface area (Å²) in [5.74, 6) is -0.0838. The molecule has 0 radical (unpaired) electrons. The third-order valence-corrected chi connectivity index (χ3v) is 5.34. The Hall–Kier alpha value is -0.890. The first-order valence-electron chi connectivity index (χ1n) is 7.72. The summed E-state index contributed by atoms with van der Waals surface area (Å²) in [5.41, 5.74) is 1.35. The summed E-state index contributed by atoms with van der Waals surface area (Å²) >= 11 is 0. The van der Waals surface area contributed by atoms with Crippen LogP contribution in [0.1, 0.15) is 63.5 Å². The lowest BCUT2D eigenvalue weighted by atomic mass is 9.57. The third-order valence-electron chi connectivity index (χ3n) is 5.34. The highest BCUT2D eigenvalue weighted by atomic mass is 19.1. The van der Waals surface area contributed by atoms with Gasteiger partial charge in [-0.2, -0.15) is 0 Å². The van der Waals surface area contributed by atoms with Crippen LogP contribution < -0.4 is 5.32 Å². The molecule has 0 heterocycles. The van der Waals surface area contributed by atoms with Gasteiger partial charge in [0.05, 0.1) is 0 Å². The molecule has 2 aliphatic rings. The van der Waals surface area contributed by atoms with E-state index in [1.807, 2.05) is 12.1 Å².